The van der Waals surface area contributed by atoms with Crippen LogP contribution in [0.3, 0.4) is 0 Å². The first-order valence-corrected chi connectivity index (χ1v) is 19.4. The second-order valence-electron chi connectivity index (χ2n) is 15.1. The molecule has 264 valence electrons. The number of rotatable bonds is 3. The molecule has 0 unspecified atom stereocenters. The molecule has 0 aliphatic carbocycles. The lowest BCUT2D eigenvalue weighted by Gasteiger charge is -2.18. The molecule has 10 aromatic carbocycles. The van der Waals surface area contributed by atoms with E-state index in [0.717, 1.165) is 93.5 Å². The average Bonchev–Trinajstić information content (AvgIpc) is 3.95. The van der Waals surface area contributed by atoms with Gasteiger partial charge in [-0.3, -0.25) is 0 Å². The van der Waals surface area contributed by atoms with Crippen molar-refractivity contribution in [2.45, 2.75) is 0 Å². The first-order chi connectivity index (χ1) is 28.3. The number of benzene rings is 10. The van der Waals surface area contributed by atoms with Gasteiger partial charge in [0.25, 0.3) is 0 Å². The third-order valence-electron chi connectivity index (χ3n) is 12.0. The average molecular weight is 727 g/mol. The van der Waals surface area contributed by atoms with Crippen molar-refractivity contribution in [3.63, 3.8) is 0 Å². The van der Waals surface area contributed by atoms with Gasteiger partial charge in [-0.15, -0.1) is 0 Å². The SMILES string of the molecule is c1ccc2c(-c3ccc(-c4c5ccccc5c(-c5ccc6c(c5)oc5ccccc56)c5ccccc45)cc3)c3oc4ccc5oc6ccccc6c5c4c3cc2c1. The molecule has 0 radical (unpaired) electrons. The summed E-state index contributed by atoms with van der Waals surface area (Å²) in [6, 6.07) is 64.9. The van der Waals surface area contributed by atoms with Crippen LogP contribution >= 0.6 is 0 Å². The van der Waals surface area contributed by atoms with Gasteiger partial charge in [0.2, 0.25) is 0 Å². The fourth-order valence-electron chi connectivity index (χ4n) is 9.60. The predicted molar refractivity (Wildman–Crippen MR) is 237 cm³/mol. The van der Waals surface area contributed by atoms with Crippen molar-refractivity contribution >= 4 is 98.1 Å². The summed E-state index contributed by atoms with van der Waals surface area (Å²) >= 11 is 0. The summed E-state index contributed by atoms with van der Waals surface area (Å²) in [4.78, 5) is 0. The zero-order valence-electron chi connectivity index (χ0n) is 30.5. The Kier molecular flexibility index (Phi) is 6.16. The largest absolute Gasteiger partial charge is 0.456 e. The molecule has 13 aromatic rings. The Morgan fingerprint density at radius 2 is 0.702 bits per heavy atom. The maximum Gasteiger partial charge on any atom is 0.143 e. The molecule has 0 aliphatic rings. The topological polar surface area (TPSA) is 39.4 Å². The highest BCUT2D eigenvalue weighted by atomic mass is 16.3. The van der Waals surface area contributed by atoms with E-state index in [0.29, 0.717) is 0 Å². The predicted octanol–water partition coefficient (Wildman–Crippen LogP) is 15.8. The van der Waals surface area contributed by atoms with Crippen LogP contribution in [-0.4, -0.2) is 0 Å². The van der Waals surface area contributed by atoms with Crippen molar-refractivity contribution in [3.05, 3.63) is 182 Å². The maximum atomic E-state index is 6.85. The first kappa shape index (κ1) is 30.7. The minimum absolute atomic E-state index is 0.856. The second kappa shape index (κ2) is 11.5. The van der Waals surface area contributed by atoms with Crippen molar-refractivity contribution < 1.29 is 13.3 Å². The molecule has 13 rings (SSSR count). The Bertz CT molecular complexity index is 3740. The zero-order valence-corrected chi connectivity index (χ0v) is 30.5. The quantitative estimate of drug-likeness (QED) is 0.170. The lowest BCUT2D eigenvalue weighted by atomic mass is 9.85. The van der Waals surface area contributed by atoms with Gasteiger partial charge in [0.15, 0.2) is 0 Å². The molecule has 0 saturated carbocycles. The van der Waals surface area contributed by atoms with E-state index in [-0.39, 0.29) is 0 Å². The van der Waals surface area contributed by atoms with Crippen LogP contribution in [0.2, 0.25) is 0 Å². The summed E-state index contributed by atoms with van der Waals surface area (Å²) < 4.78 is 19.5. The van der Waals surface area contributed by atoms with Crippen LogP contribution in [0.5, 0.6) is 0 Å². The van der Waals surface area contributed by atoms with E-state index < -0.39 is 0 Å². The normalized spacial score (nSPS) is 12.2. The summed E-state index contributed by atoms with van der Waals surface area (Å²) in [6.07, 6.45) is 0. The van der Waals surface area contributed by atoms with Gasteiger partial charge in [-0.25, -0.2) is 0 Å². The lowest BCUT2D eigenvalue weighted by molar-refractivity contribution is 0.663. The molecule has 0 saturated heterocycles. The number of hydrogen-bond acceptors (Lipinski definition) is 3. The molecule has 0 bridgehead atoms. The van der Waals surface area contributed by atoms with Crippen LogP contribution in [-0.2, 0) is 0 Å². The van der Waals surface area contributed by atoms with Gasteiger partial charge < -0.3 is 13.3 Å². The Labute approximate surface area is 325 Å². The summed E-state index contributed by atoms with van der Waals surface area (Å²) in [5.41, 5.74) is 12.2. The second-order valence-corrected chi connectivity index (χ2v) is 15.1. The minimum atomic E-state index is 0.856. The molecular weight excluding hydrogens is 697 g/mol. The summed E-state index contributed by atoms with van der Waals surface area (Å²) in [5, 5.41) is 13.8. The summed E-state index contributed by atoms with van der Waals surface area (Å²) in [7, 11) is 0. The van der Waals surface area contributed by atoms with Crippen LogP contribution in [0.4, 0.5) is 0 Å². The fourth-order valence-corrected chi connectivity index (χ4v) is 9.60. The summed E-state index contributed by atoms with van der Waals surface area (Å²) in [5.74, 6) is 0. The number of fused-ring (bicyclic) bond motifs is 13. The first-order valence-electron chi connectivity index (χ1n) is 19.4. The van der Waals surface area contributed by atoms with Crippen molar-refractivity contribution in [2.24, 2.45) is 0 Å². The van der Waals surface area contributed by atoms with Gasteiger partial charge in [-0.1, -0.05) is 140 Å². The van der Waals surface area contributed by atoms with Gasteiger partial charge in [-0.2, -0.15) is 0 Å². The highest BCUT2D eigenvalue weighted by molar-refractivity contribution is 6.29. The Morgan fingerprint density at radius 3 is 1.39 bits per heavy atom. The van der Waals surface area contributed by atoms with Gasteiger partial charge in [0.1, 0.15) is 33.5 Å². The van der Waals surface area contributed by atoms with Crippen LogP contribution in [0.15, 0.2) is 195 Å². The van der Waals surface area contributed by atoms with E-state index in [4.69, 9.17) is 13.3 Å². The molecule has 0 spiro atoms. The number of furan rings is 3. The van der Waals surface area contributed by atoms with Gasteiger partial charge in [0, 0.05) is 37.9 Å². The van der Waals surface area contributed by atoms with Crippen LogP contribution in [0.25, 0.3) is 132 Å². The van der Waals surface area contributed by atoms with Crippen LogP contribution < -0.4 is 0 Å². The monoisotopic (exact) mass is 726 g/mol. The van der Waals surface area contributed by atoms with E-state index >= 15 is 0 Å². The fraction of sp³-hybridized carbons (Fsp3) is 0. The molecule has 0 fully saturated rings. The van der Waals surface area contributed by atoms with Crippen molar-refractivity contribution in [1.82, 2.24) is 0 Å². The highest BCUT2D eigenvalue weighted by Gasteiger charge is 2.22. The Balaban J connectivity index is 1.02. The summed E-state index contributed by atoms with van der Waals surface area (Å²) in [6.45, 7) is 0. The molecule has 3 heterocycles. The maximum absolute atomic E-state index is 6.85. The van der Waals surface area contributed by atoms with Gasteiger partial charge >= 0.3 is 0 Å². The number of para-hydroxylation sites is 2. The van der Waals surface area contributed by atoms with E-state index in [1.807, 2.05) is 36.4 Å². The molecule has 3 heteroatoms. The van der Waals surface area contributed by atoms with Crippen molar-refractivity contribution in [3.8, 4) is 33.4 Å². The standard InChI is InChI=1S/C54H30O3/c1-2-12-35-33(11-1)29-43-53-47(28-27-46-52(53)42-18-8-10-20-45(42)55-46)57-54(43)51(35)32-23-21-31(22-24-32)49-38-14-3-5-16-40(38)50(41-17-6-4-15-39(41)49)34-25-26-37-36-13-7-9-19-44(36)56-48(37)30-34/h1-30H. The number of hydrogen-bond donors (Lipinski definition) is 0. The van der Waals surface area contributed by atoms with Gasteiger partial charge in [0.05, 0.1) is 0 Å². The molecular formula is C54H30O3. The highest BCUT2D eigenvalue weighted by Crippen LogP contribution is 2.48. The molecule has 0 atom stereocenters. The zero-order chi connectivity index (χ0) is 37.2. The Hall–Kier alpha value is -7.62. The van der Waals surface area contributed by atoms with E-state index in [1.165, 1.54) is 38.1 Å². The molecule has 0 N–H and O–H groups in total. The van der Waals surface area contributed by atoms with Crippen molar-refractivity contribution in [1.29, 1.82) is 0 Å². The van der Waals surface area contributed by atoms with Crippen molar-refractivity contribution in [2.75, 3.05) is 0 Å². The minimum Gasteiger partial charge on any atom is -0.456 e. The van der Waals surface area contributed by atoms with E-state index in [2.05, 4.69) is 146 Å². The van der Waals surface area contributed by atoms with E-state index in [1.54, 1.807) is 0 Å². The molecule has 0 aliphatic heterocycles. The Morgan fingerprint density at radius 1 is 0.246 bits per heavy atom. The molecule has 0 amide bonds. The van der Waals surface area contributed by atoms with Crippen LogP contribution in [0.1, 0.15) is 0 Å². The smallest absolute Gasteiger partial charge is 0.143 e. The molecule has 3 aromatic heterocycles. The molecule has 57 heavy (non-hydrogen) atoms. The lowest BCUT2D eigenvalue weighted by Crippen LogP contribution is -1.91. The molecule has 3 nitrogen and oxygen atoms in total. The third-order valence-corrected chi connectivity index (χ3v) is 12.0. The third kappa shape index (κ3) is 4.31. The van der Waals surface area contributed by atoms with E-state index in [9.17, 15) is 0 Å². The van der Waals surface area contributed by atoms with Crippen LogP contribution in [0, 0.1) is 0 Å². The van der Waals surface area contributed by atoms with Gasteiger partial charge in [-0.05, 0) is 103 Å².